The van der Waals surface area contributed by atoms with Gasteiger partial charge in [-0.3, -0.25) is 14.5 Å². The second kappa shape index (κ2) is 8.71. The van der Waals surface area contributed by atoms with E-state index in [1.165, 1.54) is 0 Å². The van der Waals surface area contributed by atoms with Crippen LogP contribution in [0.1, 0.15) is 27.2 Å². The summed E-state index contributed by atoms with van der Waals surface area (Å²) in [6.45, 7) is 9.23. The van der Waals surface area contributed by atoms with Crippen molar-refractivity contribution in [3.8, 4) is 0 Å². The molecule has 140 valence electrons. The molecule has 0 unspecified atom stereocenters. The van der Waals surface area contributed by atoms with Gasteiger partial charge in [-0.1, -0.05) is 32.5 Å². The van der Waals surface area contributed by atoms with Crippen LogP contribution in [0.4, 0.5) is 0 Å². The molecule has 0 bridgehead atoms. The van der Waals surface area contributed by atoms with Crippen LogP contribution < -0.4 is 10.6 Å². The van der Waals surface area contributed by atoms with Crippen LogP contribution in [-0.2, 0) is 16.6 Å². The summed E-state index contributed by atoms with van der Waals surface area (Å²) >= 11 is 1.60. The maximum absolute atomic E-state index is 12.2. The van der Waals surface area contributed by atoms with Crippen LogP contribution in [0.15, 0.2) is 17.6 Å². The zero-order valence-electron chi connectivity index (χ0n) is 15.5. The fourth-order valence-electron chi connectivity index (χ4n) is 2.85. The van der Waals surface area contributed by atoms with Gasteiger partial charge in [0.2, 0.25) is 11.8 Å². The van der Waals surface area contributed by atoms with Crippen LogP contribution in [0.25, 0.3) is 0 Å². The molecule has 0 aromatic carbocycles. The molecule has 1 fully saturated rings. The highest BCUT2D eigenvalue weighted by Gasteiger charge is 2.33. The maximum atomic E-state index is 12.2. The summed E-state index contributed by atoms with van der Waals surface area (Å²) in [6.07, 6.45) is 3.85. The van der Waals surface area contributed by atoms with E-state index in [0.717, 1.165) is 24.0 Å². The molecule has 2 heterocycles. The zero-order valence-corrected chi connectivity index (χ0v) is 16.4. The third kappa shape index (κ3) is 6.36. The summed E-state index contributed by atoms with van der Waals surface area (Å²) in [7, 11) is 1.94. The van der Waals surface area contributed by atoms with Gasteiger partial charge in [0.15, 0.2) is 5.16 Å². The normalized spacial score (nSPS) is 18.9. The lowest BCUT2D eigenvalue weighted by Crippen LogP contribution is -2.58. The Kier molecular flexibility index (Phi) is 6.89. The van der Waals surface area contributed by atoms with Crippen LogP contribution in [0.2, 0.25) is 0 Å². The Balaban J connectivity index is 1.78. The minimum atomic E-state index is -0.379. The molecule has 1 aliphatic heterocycles. The molecule has 0 aliphatic carbocycles. The van der Waals surface area contributed by atoms with Crippen LogP contribution in [0.3, 0.4) is 0 Å². The van der Waals surface area contributed by atoms with Crippen molar-refractivity contribution in [2.75, 3.05) is 31.9 Å². The van der Waals surface area contributed by atoms with E-state index in [1.54, 1.807) is 18.0 Å². The van der Waals surface area contributed by atoms with Gasteiger partial charge in [0.05, 0.1) is 12.5 Å². The number of hydrogen-bond donors (Lipinski definition) is 2. The predicted octanol–water partition coefficient (Wildman–Crippen LogP) is 0.865. The molecule has 2 rings (SSSR count). The molecule has 0 spiro atoms. The fourth-order valence-corrected chi connectivity index (χ4v) is 3.64. The molecule has 1 aliphatic rings. The molecular weight excluding hydrogens is 338 g/mol. The number of rotatable bonds is 7. The Bertz CT molecular complexity index is 596. The monoisotopic (exact) mass is 367 g/mol. The lowest BCUT2D eigenvalue weighted by molar-refractivity contribution is -0.134. The molecule has 25 heavy (non-hydrogen) atoms. The van der Waals surface area contributed by atoms with Crippen LogP contribution in [0.5, 0.6) is 0 Å². The number of aryl methyl sites for hydroxylation is 1. The highest BCUT2D eigenvalue weighted by molar-refractivity contribution is 7.99. The molecule has 1 atom stereocenters. The van der Waals surface area contributed by atoms with Crippen molar-refractivity contribution in [1.29, 1.82) is 0 Å². The van der Waals surface area contributed by atoms with Gasteiger partial charge >= 0.3 is 0 Å². The van der Waals surface area contributed by atoms with E-state index in [0.29, 0.717) is 13.1 Å². The van der Waals surface area contributed by atoms with E-state index in [9.17, 15) is 9.59 Å². The highest BCUT2D eigenvalue weighted by atomic mass is 32.2. The van der Waals surface area contributed by atoms with Crippen LogP contribution >= 0.6 is 11.8 Å². The number of piperazine rings is 1. The number of carbonyl (C=O) groups excluding carboxylic acids is 2. The number of hydrogen-bond acceptors (Lipinski definition) is 5. The molecule has 2 amide bonds. The van der Waals surface area contributed by atoms with E-state index in [2.05, 4.69) is 41.3 Å². The van der Waals surface area contributed by atoms with Crippen LogP contribution in [-0.4, -0.2) is 64.2 Å². The van der Waals surface area contributed by atoms with Crippen molar-refractivity contribution < 1.29 is 9.59 Å². The van der Waals surface area contributed by atoms with Crippen LogP contribution in [0, 0.1) is 5.41 Å². The molecule has 0 radical (unpaired) electrons. The Morgan fingerprint density at radius 3 is 2.88 bits per heavy atom. The second-order valence-electron chi connectivity index (χ2n) is 7.56. The summed E-state index contributed by atoms with van der Waals surface area (Å²) in [5.74, 6) is 0.619. The summed E-state index contributed by atoms with van der Waals surface area (Å²) in [5.41, 5.74) is 0.0883. The number of thioether (sulfide) groups is 1. The Morgan fingerprint density at radius 2 is 2.24 bits per heavy atom. The van der Waals surface area contributed by atoms with E-state index >= 15 is 0 Å². The van der Waals surface area contributed by atoms with Crippen molar-refractivity contribution in [2.45, 2.75) is 38.4 Å². The molecule has 2 N–H and O–H groups in total. The van der Waals surface area contributed by atoms with Crippen molar-refractivity contribution in [1.82, 2.24) is 25.1 Å². The lowest BCUT2D eigenvalue weighted by atomic mass is 9.94. The fraction of sp³-hybridized carbons (Fsp3) is 0.706. The molecule has 1 aromatic heterocycles. The lowest BCUT2D eigenvalue weighted by Gasteiger charge is -2.38. The van der Waals surface area contributed by atoms with E-state index < -0.39 is 0 Å². The Labute approximate surface area is 153 Å². The topological polar surface area (TPSA) is 79.3 Å². The largest absolute Gasteiger partial charge is 0.355 e. The average molecular weight is 368 g/mol. The molecule has 7 nitrogen and oxygen atoms in total. The third-order valence-corrected chi connectivity index (χ3v) is 4.99. The van der Waals surface area contributed by atoms with E-state index in [1.807, 2.05) is 17.8 Å². The number of nitrogens with one attached hydrogen (secondary N) is 2. The van der Waals surface area contributed by atoms with Gasteiger partial charge in [0.1, 0.15) is 0 Å². The second-order valence-corrected chi connectivity index (χ2v) is 8.62. The zero-order chi connectivity index (χ0) is 18.4. The average Bonchev–Trinajstić information content (AvgIpc) is 2.91. The van der Waals surface area contributed by atoms with Crippen molar-refractivity contribution in [2.24, 2.45) is 12.5 Å². The first-order valence-corrected chi connectivity index (χ1v) is 9.63. The molecule has 8 heteroatoms. The number of imidazole rings is 1. The first-order valence-electron chi connectivity index (χ1n) is 8.65. The smallest absolute Gasteiger partial charge is 0.237 e. The minimum absolute atomic E-state index is 0.0481. The van der Waals surface area contributed by atoms with Crippen molar-refractivity contribution in [3.63, 3.8) is 0 Å². The molecule has 0 saturated carbocycles. The van der Waals surface area contributed by atoms with Crippen molar-refractivity contribution >= 4 is 23.6 Å². The van der Waals surface area contributed by atoms with Gasteiger partial charge in [-0.2, -0.15) is 0 Å². The standard InChI is InChI=1S/C17H29N5O2S/c1-17(2,3)12-22-9-6-19-15(24)13(22)11-14(23)18-7-10-25-16-20-5-8-21(16)4/h5,8,13H,6-7,9-12H2,1-4H3,(H,18,23)(H,19,24)/t13-/m1/s1. The van der Waals surface area contributed by atoms with Gasteiger partial charge < -0.3 is 15.2 Å². The number of nitrogens with zero attached hydrogens (tertiary/aromatic N) is 3. The SMILES string of the molecule is Cn1ccnc1SCCNC(=O)C[C@@H]1C(=O)NCCN1CC(C)(C)C. The number of amides is 2. The molecule has 1 aromatic rings. The van der Waals surface area contributed by atoms with Gasteiger partial charge in [-0.15, -0.1) is 0 Å². The van der Waals surface area contributed by atoms with Gasteiger partial charge in [0.25, 0.3) is 0 Å². The molecule has 1 saturated heterocycles. The maximum Gasteiger partial charge on any atom is 0.237 e. The van der Waals surface area contributed by atoms with E-state index in [-0.39, 0.29) is 29.7 Å². The third-order valence-electron chi connectivity index (χ3n) is 3.93. The van der Waals surface area contributed by atoms with Gasteiger partial charge in [-0.05, 0) is 5.41 Å². The first-order chi connectivity index (χ1) is 11.8. The molecular formula is C17H29N5O2S. The van der Waals surface area contributed by atoms with Gasteiger partial charge in [0, 0.05) is 51.4 Å². The minimum Gasteiger partial charge on any atom is -0.355 e. The summed E-state index contributed by atoms with van der Waals surface area (Å²) in [5, 5.41) is 6.71. The van der Waals surface area contributed by atoms with Crippen molar-refractivity contribution in [3.05, 3.63) is 12.4 Å². The van der Waals surface area contributed by atoms with E-state index in [4.69, 9.17) is 0 Å². The Morgan fingerprint density at radius 1 is 1.48 bits per heavy atom. The number of carbonyl (C=O) groups is 2. The van der Waals surface area contributed by atoms with Gasteiger partial charge in [-0.25, -0.2) is 4.98 Å². The summed E-state index contributed by atoms with van der Waals surface area (Å²) in [4.78, 5) is 30.8. The Hall–Kier alpha value is -1.54. The highest BCUT2D eigenvalue weighted by Crippen LogP contribution is 2.19. The quantitative estimate of drug-likeness (QED) is 0.552. The number of aromatic nitrogens is 2. The summed E-state index contributed by atoms with van der Waals surface area (Å²) < 4.78 is 1.95. The summed E-state index contributed by atoms with van der Waals surface area (Å²) in [6, 6.07) is -0.379. The first kappa shape index (κ1) is 19.8. The predicted molar refractivity (Wildman–Crippen MR) is 99.4 cm³/mol.